The van der Waals surface area contributed by atoms with E-state index < -0.39 is 0 Å². The average Bonchev–Trinajstić information content (AvgIpc) is 2.82. The minimum Gasteiger partial charge on any atom is -0.381 e. The highest BCUT2D eigenvalue weighted by molar-refractivity contribution is 14.0. The third kappa shape index (κ3) is 9.15. The van der Waals surface area contributed by atoms with E-state index in [1.54, 1.807) is 0 Å². The van der Waals surface area contributed by atoms with Crippen molar-refractivity contribution in [3.63, 3.8) is 0 Å². The lowest BCUT2D eigenvalue weighted by Gasteiger charge is -2.41. The van der Waals surface area contributed by atoms with Crippen LogP contribution in [0.1, 0.15) is 69.9 Å². The molecule has 3 N–H and O–H groups in total. The molecule has 0 spiro atoms. The molecule has 1 saturated carbocycles. The summed E-state index contributed by atoms with van der Waals surface area (Å²) < 4.78 is 11.7. The maximum atomic E-state index is 6.03. The van der Waals surface area contributed by atoms with Crippen molar-refractivity contribution >= 4 is 29.9 Å². The third-order valence-electron chi connectivity index (χ3n) is 6.61. The molecule has 1 heterocycles. The molecule has 1 atom stereocenters. The van der Waals surface area contributed by atoms with Crippen molar-refractivity contribution in [1.29, 1.82) is 0 Å². The van der Waals surface area contributed by atoms with Crippen molar-refractivity contribution in [3.8, 4) is 0 Å². The molecule has 0 amide bonds. The first kappa shape index (κ1) is 27.3. The summed E-state index contributed by atoms with van der Waals surface area (Å²) in [6.45, 7) is 6.35. The van der Waals surface area contributed by atoms with Gasteiger partial charge in [-0.25, -0.2) is 0 Å². The fourth-order valence-corrected chi connectivity index (χ4v) is 4.65. The lowest BCUT2D eigenvalue weighted by molar-refractivity contribution is 0.0276. The second-order valence-electron chi connectivity index (χ2n) is 9.01. The van der Waals surface area contributed by atoms with E-state index in [0.29, 0.717) is 6.10 Å². The van der Waals surface area contributed by atoms with E-state index >= 15 is 0 Å². The Morgan fingerprint density at radius 1 is 1.12 bits per heavy atom. The predicted molar refractivity (Wildman–Crippen MR) is 143 cm³/mol. The second kappa shape index (κ2) is 15.1. The fourth-order valence-electron chi connectivity index (χ4n) is 4.65. The summed E-state index contributed by atoms with van der Waals surface area (Å²) in [5.41, 5.74) is 1.31. The van der Waals surface area contributed by atoms with Crippen LogP contribution < -0.4 is 16.0 Å². The molecular weight excluding hydrogens is 515 g/mol. The van der Waals surface area contributed by atoms with Gasteiger partial charge in [0.25, 0.3) is 0 Å². The molecule has 0 radical (unpaired) electrons. The van der Waals surface area contributed by atoms with Crippen LogP contribution in [0.25, 0.3) is 0 Å². The summed E-state index contributed by atoms with van der Waals surface area (Å²) in [6.07, 6.45) is 9.94. The van der Waals surface area contributed by atoms with Gasteiger partial charge in [-0.3, -0.25) is 4.99 Å². The zero-order valence-corrected chi connectivity index (χ0v) is 22.2. The van der Waals surface area contributed by atoms with Gasteiger partial charge < -0.3 is 25.4 Å². The Hall–Kier alpha value is -0.900. The fraction of sp³-hybridized carbons (Fsp3) is 0.720. The number of hydrogen-bond acceptors (Lipinski definition) is 4. The van der Waals surface area contributed by atoms with Gasteiger partial charge in [-0.05, 0) is 44.6 Å². The van der Waals surface area contributed by atoms with Crippen molar-refractivity contribution in [2.45, 2.75) is 76.0 Å². The molecule has 1 aromatic rings. The molecule has 1 aromatic carbocycles. The lowest BCUT2D eigenvalue weighted by atomic mass is 9.88. The molecule has 182 valence electrons. The maximum absolute atomic E-state index is 6.03. The van der Waals surface area contributed by atoms with E-state index in [-0.39, 0.29) is 35.6 Å². The second-order valence-corrected chi connectivity index (χ2v) is 9.01. The summed E-state index contributed by atoms with van der Waals surface area (Å²) in [5.74, 6) is 0.859. The predicted octanol–water partition coefficient (Wildman–Crippen LogP) is 4.41. The van der Waals surface area contributed by atoms with Crippen LogP contribution in [-0.2, 0) is 9.47 Å². The van der Waals surface area contributed by atoms with Crippen LogP contribution in [0.3, 0.4) is 0 Å². The molecular formula is C25H43IN4O2. The topological polar surface area (TPSA) is 66.9 Å². The van der Waals surface area contributed by atoms with Crippen LogP contribution in [0.15, 0.2) is 35.3 Å². The van der Waals surface area contributed by atoms with Gasteiger partial charge in [0.15, 0.2) is 5.96 Å². The smallest absolute Gasteiger partial charge is 0.191 e. The molecule has 1 unspecified atom stereocenters. The van der Waals surface area contributed by atoms with E-state index in [2.05, 4.69) is 58.2 Å². The SMILES string of the molecule is CN=C(NCCCOC1CCCCC1)NCC1(NC(C)c2ccccc2)CCOCC1.I. The van der Waals surface area contributed by atoms with Gasteiger partial charge in [0.1, 0.15) is 0 Å². The monoisotopic (exact) mass is 558 g/mol. The molecule has 2 aliphatic rings. The number of guanidine groups is 1. The molecule has 2 fully saturated rings. The molecule has 6 nitrogen and oxygen atoms in total. The summed E-state index contributed by atoms with van der Waals surface area (Å²) in [5, 5.41) is 10.9. The molecule has 0 aromatic heterocycles. The minimum atomic E-state index is -0.00474. The number of nitrogens with zero attached hydrogens (tertiary/aromatic N) is 1. The van der Waals surface area contributed by atoms with Gasteiger partial charge >= 0.3 is 0 Å². The van der Waals surface area contributed by atoms with Crippen LogP contribution in [-0.4, -0.2) is 57.6 Å². The van der Waals surface area contributed by atoms with Gasteiger partial charge in [-0.1, -0.05) is 49.6 Å². The highest BCUT2D eigenvalue weighted by atomic mass is 127. The first-order valence-electron chi connectivity index (χ1n) is 12.2. The number of benzene rings is 1. The number of rotatable bonds is 10. The molecule has 7 heteroatoms. The molecule has 0 bridgehead atoms. The normalized spacial score (nSPS) is 20.2. The van der Waals surface area contributed by atoms with Gasteiger partial charge in [-0.2, -0.15) is 0 Å². The molecule has 1 aliphatic carbocycles. The lowest BCUT2D eigenvalue weighted by Crippen LogP contribution is -2.58. The summed E-state index contributed by atoms with van der Waals surface area (Å²) in [7, 11) is 1.84. The van der Waals surface area contributed by atoms with Crippen molar-refractivity contribution < 1.29 is 9.47 Å². The number of hydrogen-bond donors (Lipinski definition) is 3. The first-order valence-corrected chi connectivity index (χ1v) is 12.2. The molecule has 1 saturated heterocycles. The quantitative estimate of drug-likeness (QED) is 0.172. The Bertz CT molecular complexity index is 647. The molecule has 32 heavy (non-hydrogen) atoms. The van der Waals surface area contributed by atoms with Crippen molar-refractivity contribution in [2.24, 2.45) is 4.99 Å². The Morgan fingerprint density at radius 3 is 2.53 bits per heavy atom. The van der Waals surface area contributed by atoms with Crippen molar-refractivity contribution in [1.82, 2.24) is 16.0 Å². The largest absolute Gasteiger partial charge is 0.381 e. The standard InChI is InChI=1S/C25H42N4O2.HI/c1-21(22-10-5-3-6-11-22)29-25(14-18-30-19-15-25)20-28-24(26-2)27-16-9-17-31-23-12-7-4-8-13-23;/h3,5-6,10-11,21,23,29H,4,7-9,12-20H2,1-2H3,(H2,26,27,28);1H. The highest BCUT2D eigenvalue weighted by Crippen LogP contribution is 2.25. The Balaban J connectivity index is 0.00000363. The average molecular weight is 559 g/mol. The van der Waals surface area contributed by atoms with Gasteiger partial charge in [-0.15, -0.1) is 24.0 Å². The van der Waals surface area contributed by atoms with E-state index in [1.807, 2.05) is 7.05 Å². The van der Waals surface area contributed by atoms with E-state index in [0.717, 1.165) is 58.1 Å². The van der Waals surface area contributed by atoms with Crippen molar-refractivity contribution in [3.05, 3.63) is 35.9 Å². The van der Waals surface area contributed by atoms with E-state index in [4.69, 9.17) is 9.47 Å². The zero-order valence-electron chi connectivity index (χ0n) is 19.9. The summed E-state index contributed by atoms with van der Waals surface area (Å²) >= 11 is 0. The minimum absolute atomic E-state index is 0. The van der Waals surface area contributed by atoms with Gasteiger partial charge in [0.2, 0.25) is 0 Å². The first-order chi connectivity index (χ1) is 15.2. The Labute approximate surface area is 211 Å². The van der Waals surface area contributed by atoms with Crippen LogP contribution in [0, 0.1) is 0 Å². The number of aliphatic imine (C=N–C) groups is 1. The number of halogens is 1. The highest BCUT2D eigenvalue weighted by Gasteiger charge is 2.34. The number of nitrogens with one attached hydrogen (secondary N) is 3. The Kier molecular flexibility index (Phi) is 12.9. The number of ether oxygens (including phenoxy) is 2. The van der Waals surface area contributed by atoms with E-state index in [9.17, 15) is 0 Å². The van der Waals surface area contributed by atoms with Crippen LogP contribution in [0.2, 0.25) is 0 Å². The zero-order chi connectivity index (χ0) is 21.8. The van der Waals surface area contributed by atoms with Gasteiger partial charge in [0.05, 0.1) is 6.10 Å². The molecule has 3 rings (SSSR count). The Morgan fingerprint density at radius 2 is 1.84 bits per heavy atom. The van der Waals surface area contributed by atoms with Crippen LogP contribution in [0.4, 0.5) is 0 Å². The van der Waals surface area contributed by atoms with Gasteiger partial charge in [0, 0.05) is 51.5 Å². The van der Waals surface area contributed by atoms with Crippen LogP contribution >= 0.6 is 24.0 Å². The third-order valence-corrected chi connectivity index (χ3v) is 6.61. The maximum Gasteiger partial charge on any atom is 0.191 e. The molecule has 1 aliphatic heterocycles. The van der Waals surface area contributed by atoms with E-state index in [1.165, 1.54) is 37.7 Å². The summed E-state index contributed by atoms with van der Waals surface area (Å²) in [4.78, 5) is 4.42. The van der Waals surface area contributed by atoms with Crippen LogP contribution in [0.5, 0.6) is 0 Å². The summed E-state index contributed by atoms with van der Waals surface area (Å²) in [6, 6.07) is 10.9. The van der Waals surface area contributed by atoms with Crippen molar-refractivity contribution in [2.75, 3.05) is 40.0 Å².